The molecule has 0 bridgehead atoms. The Kier molecular flexibility index (Phi) is 7.78. The van der Waals surface area contributed by atoms with Crippen LogP contribution in [0.3, 0.4) is 0 Å². The summed E-state index contributed by atoms with van der Waals surface area (Å²) in [7, 11) is 0.967. The summed E-state index contributed by atoms with van der Waals surface area (Å²) >= 11 is 3.77. The molecule has 4 nitrogen and oxygen atoms in total. The second-order valence-electron chi connectivity index (χ2n) is 2.45. The van der Waals surface area contributed by atoms with Gasteiger partial charge in [0, 0.05) is 11.0 Å². The minimum Gasteiger partial charge on any atom is -0.330 e. The van der Waals surface area contributed by atoms with Crippen molar-refractivity contribution in [1.82, 2.24) is 4.72 Å². The molecule has 0 aliphatic heterocycles. The van der Waals surface area contributed by atoms with Gasteiger partial charge in [0.1, 0.15) is 0 Å². The molecule has 0 rings (SSSR count). The van der Waals surface area contributed by atoms with Gasteiger partial charge in [0.25, 0.3) is 0 Å². The van der Waals surface area contributed by atoms with Crippen molar-refractivity contribution in [3.63, 3.8) is 0 Å². The van der Waals surface area contributed by atoms with Crippen LogP contribution < -0.4 is 16.2 Å². The average Bonchev–Trinajstić information content (AvgIpc) is 2.05. The third-order valence-corrected chi connectivity index (χ3v) is 2.02. The van der Waals surface area contributed by atoms with E-state index in [2.05, 4.69) is 16.4 Å². The zero-order valence-corrected chi connectivity index (χ0v) is 8.54. The maximum Gasteiger partial charge on any atom is 0.247 e. The van der Waals surface area contributed by atoms with Crippen molar-refractivity contribution in [1.29, 1.82) is 0 Å². The summed E-state index contributed by atoms with van der Waals surface area (Å²) in [5.41, 5.74) is 10.8. The van der Waals surface area contributed by atoms with E-state index in [4.69, 9.17) is 11.5 Å². The number of hydrogen-bond donors (Lipinski definition) is 4. The molecule has 5 N–H and O–H groups in total. The summed E-state index contributed by atoms with van der Waals surface area (Å²) in [4.78, 5) is 11.0. The Bertz CT molecular complexity index is 134. The molecule has 0 radical (unpaired) electrons. The highest BCUT2D eigenvalue weighted by molar-refractivity contribution is 8.68. The fraction of sp³-hybridized carbons (Fsp3) is 0.833. The Morgan fingerprint density at radius 2 is 2.25 bits per heavy atom. The molecule has 0 fully saturated rings. The van der Waals surface area contributed by atoms with Crippen molar-refractivity contribution in [3.8, 4) is 0 Å². The van der Waals surface area contributed by atoms with Crippen LogP contribution in [-0.4, -0.2) is 18.5 Å². The molecule has 6 heteroatoms. The lowest BCUT2D eigenvalue weighted by atomic mass is 10.1. The van der Waals surface area contributed by atoms with Crippen LogP contribution in [0.4, 0.5) is 0 Å². The molecule has 0 aromatic rings. The van der Waals surface area contributed by atoms with Crippen molar-refractivity contribution in [3.05, 3.63) is 0 Å². The molecule has 0 heterocycles. The number of thiol groups is 1. The Morgan fingerprint density at radius 1 is 1.58 bits per heavy atom. The van der Waals surface area contributed by atoms with Crippen molar-refractivity contribution in [2.45, 2.75) is 25.3 Å². The first-order valence-corrected chi connectivity index (χ1v) is 5.65. The van der Waals surface area contributed by atoms with Crippen LogP contribution >= 0.6 is 22.6 Å². The molecule has 1 atom stereocenters. The number of amides is 1. The Hall–Kier alpha value is 0.0900. The lowest BCUT2D eigenvalue weighted by Gasteiger charge is -2.08. The number of carbonyl (C=O) groups is 1. The second-order valence-corrected chi connectivity index (χ2v) is 3.38. The van der Waals surface area contributed by atoms with Gasteiger partial charge in [-0.2, -0.15) is 0 Å². The average molecular weight is 209 g/mol. The van der Waals surface area contributed by atoms with Gasteiger partial charge in [-0.15, -0.1) is 0 Å². The smallest absolute Gasteiger partial charge is 0.247 e. The summed E-state index contributed by atoms with van der Waals surface area (Å²) < 4.78 is 2.46. The van der Waals surface area contributed by atoms with Crippen LogP contribution in [-0.2, 0) is 4.79 Å². The maximum atomic E-state index is 11.0. The van der Waals surface area contributed by atoms with Crippen LogP contribution in [0.15, 0.2) is 0 Å². The van der Waals surface area contributed by atoms with E-state index in [0.717, 1.165) is 23.8 Å². The molecule has 0 spiro atoms. The first-order valence-electron chi connectivity index (χ1n) is 3.78. The van der Waals surface area contributed by atoms with Crippen molar-refractivity contribution in [2.75, 3.05) is 6.54 Å². The van der Waals surface area contributed by atoms with Gasteiger partial charge in [0.15, 0.2) is 0 Å². The van der Waals surface area contributed by atoms with E-state index in [1.54, 1.807) is 0 Å². The van der Waals surface area contributed by atoms with E-state index in [1.165, 1.54) is 0 Å². The van der Waals surface area contributed by atoms with Gasteiger partial charge in [-0.3, -0.25) is 9.52 Å². The number of unbranched alkanes of at least 4 members (excludes halogenated alkanes) is 1. The summed E-state index contributed by atoms with van der Waals surface area (Å²) in [6.07, 6.45) is 2.48. The van der Waals surface area contributed by atoms with Gasteiger partial charge in [-0.25, -0.2) is 0 Å². The van der Waals surface area contributed by atoms with Crippen molar-refractivity contribution in [2.24, 2.45) is 11.5 Å². The third kappa shape index (κ3) is 5.70. The van der Waals surface area contributed by atoms with Gasteiger partial charge >= 0.3 is 0 Å². The van der Waals surface area contributed by atoms with Gasteiger partial charge in [0.05, 0.1) is 6.04 Å². The molecule has 0 saturated carbocycles. The maximum absolute atomic E-state index is 11.0. The van der Waals surface area contributed by atoms with Gasteiger partial charge in [-0.1, -0.05) is 18.1 Å². The quantitative estimate of drug-likeness (QED) is 0.216. The van der Waals surface area contributed by atoms with E-state index < -0.39 is 6.04 Å². The Balaban J connectivity index is 3.42. The van der Waals surface area contributed by atoms with Crippen LogP contribution in [0, 0.1) is 0 Å². The van der Waals surface area contributed by atoms with Crippen LogP contribution in [0.2, 0.25) is 0 Å². The molecule has 1 amide bonds. The number of carbonyl (C=O) groups excluding carboxylic acids is 1. The molecule has 0 aliphatic carbocycles. The molecule has 0 aromatic carbocycles. The number of hydrogen-bond acceptors (Lipinski definition) is 5. The summed E-state index contributed by atoms with van der Waals surface area (Å²) in [5, 5.41) is 0. The fourth-order valence-electron chi connectivity index (χ4n) is 0.760. The molecular formula is C6H15N3OS2. The SMILES string of the molecule is NCCCC[C@H](N)C(=O)NSS. The Labute approximate surface area is 81.8 Å². The fourth-order valence-corrected chi connectivity index (χ4v) is 1.27. The third-order valence-electron chi connectivity index (χ3n) is 1.45. The molecule has 0 saturated heterocycles. The predicted molar refractivity (Wildman–Crippen MR) is 55.6 cm³/mol. The van der Waals surface area contributed by atoms with E-state index in [0.29, 0.717) is 13.0 Å². The lowest BCUT2D eigenvalue weighted by molar-refractivity contribution is -0.120. The van der Waals surface area contributed by atoms with E-state index in [9.17, 15) is 4.79 Å². The largest absolute Gasteiger partial charge is 0.330 e. The minimum atomic E-state index is -0.434. The Morgan fingerprint density at radius 3 is 2.75 bits per heavy atom. The normalized spacial score (nSPS) is 12.6. The monoisotopic (exact) mass is 209 g/mol. The first-order chi connectivity index (χ1) is 5.72. The minimum absolute atomic E-state index is 0.174. The lowest BCUT2D eigenvalue weighted by Crippen LogP contribution is -2.37. The van der Waals surface area contributed by atoms with E-state index >= 15 is 0 Å². The standard InChI is InChI=1S/C6H15N3OS2/c7-4-2-1-3-5(8)6(10)9-12-11/h5,11H,1-4,7-8H2,(H,9,10)/t5-/m0/s1. The molecule has 12 heavy (non-hydrogen) atoms. The number of rotatable bonds is 6. The zero-order chi connectivity index (χ0) is 9.40. The topological polar surface area (TPSA) is 81.1 Å². The second kappa shape index (κ2) is 7.72. The van der Waals surface area contributed by atoms with E-state index in [-0.39, 0.29) is 5.91 Å². The molecule has 72 valence electrons. The predicted octanol–water partition coefficient (Wildman–Crippen LogP) is 0.0519. The van der Waals surface area contributed by atoms with Crippen LogP contribution in [0.25, 0.3) is 0 Å². The van der Waals surface area contributed by atoms with Crippen molar-refractivity contribution >= 4 is 28.5 Å². The highest BCUT2D eigenvalue weighted by Crippen LogP contribution is 2.02. The first kappa shape index (κ1) is 12.1. The highest BCUT2D eigenvalue weighted by atomic mass is 33.1. The molecule has 0 aromatic heterocycles. The van der Waals surface area contributed by atoms with Gasteiger partial charge in [0.2, 0.25) is 5.91 Å². The van der Waals surface area contributed by atoms with Gasteiger partial charge < -0.3 is 11.5 Å². The number of nitrogens with one attached hydrogen (secondary N) is 1. The summed E-state index contributed by atoms with van der Waals surface area (Å²) in [5.74, 6) is -0.174. The molecule has 0 unspecified atom stereocenters. The summed E-state index contributed by atoms with van der Waals surface area (Å²) in [6.45, 7) is 0.648. The van der Waals surface area contributed by atoms with Crippen molar-refractivity contribution < 1.29 is 4.79 Å². The highest BCUT2D eigenvalue weighted by Gasteiger charge is 2.11. The van der Waals surface area contributed by atoms with Gasteiger partial charge in [-0.05, 0) is 19.4 Å². The zero-order valence-electron chi connectivity index (χ0n) is 6.82. The van der Waals surface area contributed by atoms with E-state index in [1.807, 2.05) is 0 Å². The van der Waals surface area contributed by atoms with Crippen LogP contribution in [0.5, 0.6) is 0 Å². The molecular weight excluding hydrogens is 194 g/mol. The molecule has 0 aliphatic rings. The van der Waals surface area contributed by atoms with Crippen LogP contribution in [0.1, 0.15) is 19.3 Å². The number of nitrogens with two attached hydrogens (primary N) is 2. The summed E-state index contributed by atoms with van der Waals surface area (Å²) in [6, 6.07) is -0.434.